The van der Waals surface area contributed by atoms with E-state index in [9.17, 15) is 4.79 Å². The van der Waals surface area contributed by atoms with E-state index >= 15 is 0 Å². The molecule has 0 N–H and O–H groups in total. The quantitative estimate of drug-likeness (QED) is 0.789. The van der Waals surface area contributed by atoms with Crippen LogP contribution < -0.4 is 0 Å². The number of likely N-dealkylation sites (tertiary alicyclic amines) is 1. The lowest BCUT2D eigenvalue weighted by Crippen LogP contribution is -2.38. The first-order valence-electron chi connectivity index (χ1n) is 7.39. The van der Waals surface area contributed by atoms with Gasteiger partial charge in [-0.05, 0) is 25.7 Å². The molecule has 0 spiro atoms. The SMILES string of the molecule is COC[C@H]1CCCN1C(=O)CCc1nc(C2CC2)no1. The van der Waals surface area contributed by atoms with Gasteiger partial charge in [0.15, 0.2) is 5.82 Å². The molecule has 1 saturated heterocycles. The van der Waals surface area contributed by atoms with Crippen molar-refractivity contribution in [3.05, 3.63) is 11.7 Å². The van der Waals surface area contributed by atoms with Crippen molar-refractivity contribution in [2.24, 2.45) is 0 Å². The highest BCUT2D eigenvalue weighted by Crippen LogP contribution is 2.38. The van der Waals surface area contributed by atoms with Crippen LogP contribution in [0.25, 0.3) is 0 Å². The van der Waals surface area contributed by atoms with Gasteiger partial charge in [0.25, 0.3) is 0 Å². The van der Waals surface area contributed by atoms with Gasteiger partial charge in [-0.3, -0.25) is 4.79 Å². The van der Waals surface area contributed by atoms with Gasteiger partial charge < -0.3 is 14.2 Å². The first kappa shape index (κ1) is 13.5. The highest BCUT2D eigenvalue weighted by Gasteiger charge is 2.30. The van der Waals surface area contributed by atoms with E-state index in [1.54, 1.807) is 7.11 Å². The van der Waals surface area contributed by atoms with E-state index in [-0.39, 0.29) is 11.9 Å². The lowest BCUT2D eigenvalue weighted by atomic mass is 10.2. The van der Waals surface area contributed by atoms with E-state index in [2.05, 4.69) is 10.1 Å². The number of hydrogen-bond donors (Lipinski definition) is 0. The van der Waals surface area contributed by atoms with Gasteiger partial charge in [-0.15, -0.1) is 0 Å². The third-order valence-corrected chi connectivity index (χ3v) is 4.04. The van der Waals surface area contributed by atoms with Crippen LogP contribution in [0, 0.1) is 0 Å². The summed E-state index contributed by atoms with van der Waals surface area (Å²) in [6.07, 6.45) is 5.38. The van der Waals surface area contributed by atoms with Crippen LogP contribution in [-0.4, -0.2) is 47.3 Å². The van der Waals surface area contributed by atoms with Crippen LogP contribution in [0.5, 0.6) is 0 Å². The van der Waals surface area contributed by atoms with Gasteiger partial charge in [0.1, 0.15) is 0 Å². The number of hydrogen-bond acceptors (Lipinski definition) is 5. The van der Waals surface area contributed by atoms with Crippen molar-refractivity contribution in [1.82, 2.24) is 15.0 Å². The van der Waals surface area contributed by atoms with E-state index in [1.165, 1.54) is 0 Å². The molecule has 110 valence electrons. The molecule has 1 aromatic heterocycles. The molecule has 1 aromatic rings. The Morgan fingerprint density at radius 1 is 1.45 bits per heavy atom. The van der Waals surface area contributed by atoms with Crippen LogP contribution in [0.1, 0.15) is 49.7 Å². The van der Waals surface area contributed by atoms with Crippen LogP contribution in [0.2, 0.25) is 0 Å². The van der Waals surface area contributed by atoms with Gasteiger partial charge in [-0.1, -0.05) is 5.16 Å². The van der Waals surface area contributed by atoms with E-state index in [4.69, 9.17) is 9.26 Å². The van der Waals surface area contributed by atoms with Gasteiger partial charge in [0.2, 0.25) is 11.8 Å². The maximum absolute atomic E-state index is 12.2. The topological polar surface area (TPSA) is 68.5 Å². The molecular weight excluding hydrogens is 258 g/mol. The fourth-order valence-electron chi connectivity index (χ4n) is 2.76. The summed E-state index contributed by atoms with van der Waals surface area (Å²) in [7, 11) is 1.68. The molecule has 1 aliphatic heterocycles. The summed E-state index contributed by atoms with van der Waals surface area (Å²) in [4.78, 5) is 18.5. The molecule has 1 atom stereocenters. The third-order valence-electron chi connectivity index (χ3n) is 4.04. The maximum atomic E-state index is 12.2. The summed E-state index contributed by atoms with van der Waals surface area (Å²) in [5, 5.41) is 3.97. The van der Waals surface area contributed by atoms with Crippen LogP contribution in [0.3, 0.4) is 0 Å². The van der Waals surface area contributed by atoms with Crippen molar-refractivity contribution in [2.75, 3.05) is 20.3 Å². The molecule has 0 aromatic carbocycles. The Kier molecular flexibility index (Phi) is 4.00. The zero-order chi connectivity index (χ0) is 13.9. The fraction of sp³-hybridized carbons (Fsp3) is 0.786. The van der Waals surface area contributed by atoms with Crippen molar-refractivity contribution in [3.63, 3.8) is 0 Å². The summed E-state index contributed by atoms with van der Waals surface area (Å²) in [5.41, 5.74) is 0. The normalized spacial score (nSPS) is 22.4. The summed E-state index contributed by atoms with van der Waals surface area (Å²) in [5.74, 6) is 2.05. The average molecular weight is 279 g/mol. The molecule has 0 bridgehead atoms. The molecular formula is C14H21N3O3. The van der Waals surface area contributed by atoms with Crippen molar-refractivity contribution in [3.8, 4) is 0 Å². The number of rotatable bonds is 6. The zero-order valence-corrected chi connectivity index (χ0v) is 11.9. The number of ether oxygens (including phenoxy) is 1. The molecule has 1 aliphatic carbocycles. The van der Waals surface area contributed by atoms with E-state index in [0.29, 0.717) is 31.3 Å². The first-order chi connectivity index (χ1) is 9.78. The number of nitrogens with zero attached hydrogens (tertiary/aromatic N) is 3. The van der Waals surface area contributed by atoms with Gasteiger partial charge in [-0.2, -0.15) is 4.98 Å². The number of aryl methyl sites for hydroxylation is 1. The maximum Gasteiger partial charge on any atom is 0.227 e. The fourth-order valence-corrected chi connectivity index (χ4v) is 2.76. The smallest absolute Gasteiger partial charge is 0.227 e. The van der Waals surface area contributed by atoms with E-state index in [1.807, 2.05) is 4.90 Å². The molecule has 0 radical (unpaired) electrons. The number of amides is 1. The molecule has 0 unspecified atom stereocenters. The highest BCUT2D eigenvalue weighted by molar-refractivity contribution is 5.77. The Morgan fingerprint density at radius 3 is 3.05 bits per heavy atom. The second-order valence-electron chi connectivity index (χ2n) is 5.66. The predicted molar refractivity (Wildman–Crippen MR) is 71.2 cm³/mol. The lowest BCUT2D eigenvalue weighted by Gasteiger charge is -2.23. The second kappa shape index (κ2) is 5.91. The van der Waals surface area contributed by atoms with Gasteiger partial charge in [0.05, 0.1) is 12.6 Å². The van der Waals surface area contributed by atoms with E-state index < -0.39 is 0 Å². The summed E-state index contributed by atoms with van der Waals surface area (Å²) < 4.78 is 10.4. The number of carbonyl (C=O) groups is 1. The van der Waals surface area contributed by atoms with Gasteiger partial charge in [0, 0.05) is 32.4 Å². The Bertz CT molecular complexity index is 470. The van der Waals surface area contributed by atoms with Crippen LogP contribution in [0.4, 0.5) is 0 Å². The van der Waals surface area contributed by atoms with Crippen LogP contribution in [-0.2, 0) is 16.0 Å². The van der Waals surface area contributed by atoms with Crippen molar-refractivity contribution >= 4 is 5.91 Å². The Morgan fingerprint density at radius 2 is 2.30 bits per heavy atom. The third kappa shape index (κ3) is 3.00. The molecule has 1 saturated carbocycles. The largest absolute Gasteiger partial charge is 0.383 e. The summed E-state index contributed by atoms with van der Waals surface area (Å²) >= 11 is 0. The monoisotopic (exact) mass is 279 g/mol. The molecule has 6 heteroatoms. The second-order valence-corrected chi connectivity index (χ2v) is 5.66. The Hall–Kier alpha value is -1.43. The van der Waals surface area contributed by atoms with Crippen molar-refractivity contribution in [2.45, 2.75) is 50.5 Å². The molecule has 2 aliphatic rings. The molecule has 1 amide bonds. The molecule has 2 fully saturated rings. The lowest BCUT2D eigenvalue weighted by molar-refractivity contribution is -0.132. The Balaban J connectivity index is 1.50. The highest BCUT2D eigenvalue weighted by atomic mass is 16.5. The minimum Gasteiger partial charge on any atom is -0.383 e. The molecule has 3 rings (SSSR count). The van der Waals surface area contributed by atoms with Gasteiger partial charge in [-0.25, -0.2) is 0 Å². The Labute approximate surface area is 118 Å². The minimum absolute atomic E-state index is 0.163. The van der Waals surface area contributed by atoms with Crippen molar-refractivity contribution in [1.29, 1.82) is 0 Å². The van der Waals surface area contributed by atoms with Gasteiger partial charge >= 0.3 is 0 Å². The zero-order valence-electron chi connectivity index (χ0n) is 11.9. The van der Waals surface area contributed by atoms with E-state index in [0.717, 1.165) is 38.1 Å². The van der Waals surface area contributed by atoms with Crippen LogP contribution >= 0.6 is 0 Å². The predicted octanol–water partition coefficient (Wildman–Crippen LogP) is 1.52. The van der Waals surface area contributed by atoms with Crippen molar-refractivity contribution < 1.29 is 14.1 Å². The molecule has 20 heavy (non-hydrogen) atoms. The molecule has 2 heterocycles. The number of aromatic nitrogens is 2. The average Bonchev–Trinajstić information content (AvgIpc) is 3.01. The minimum atomic E-state index is 0.163. The summed E-state index contributed by atoms with van der Waals surface area (Å²) in [6.45, 7) is 1.46. The number of carbonyl (C=O) groups excluding carboxylic acids is 1. The van der Waals surface area contributed by atoms with Crippen LogP contribution in [0.15, 0.2) is 4.52 Å². The summed E-state index contributed by atoms with van der Waals surface area (Å²) in [6, 6.07) is 0.234. The number of methoxy groups -OCH3 is 1. The first-order valence-corrected chi connectivity index (χ1v) is 7.39. The molecule has 6 nitrogen and oxygen atoms in total. The standard InChI is InChI=1S/C14H21N3O3/c1-19-9-11-3-2-8-17(11)13(18)7-6-12-15-14(16-20-12)10-4-5-10/h10-11H,2-9H2,1H3/t11-/m1/s1.